The Hall–Kier alpha value is -2.69. The molecule has 22 heavy (non-hydrogen) atoms. The number of carbonyl (C=O) groups is 1. The smallest absolute Gasteiger partial charge is 0.200 e. The Morgan fingerprint density at radius 1 is 0.818 bits per heavy atom. The summed E-state index contributed by atoms with van der Waals surface area (Å²) in [5.74, 6) is -0.00421. The highest BCUT2D eigenvalue weighted by Gasteiger charge is 2.18. The average molecular weight is 304 g/mol. The summed E-state index contributed by atoms with van der Waals surface area (Å²) in [6.07, 6.45) is 0. The van der Waals surface area contributed by atoms with E-state index in [2.05, 4.69) is 0 Å². The van der Waals surface area contributed by atoms with Crippen molar-refractivity contribution in [2.45, 2.75) is 13.8 Å². The zero-order chi connectivity index (χ0) is 16.7. The minimum Gasteiger partial charge on any atom is -0.507 e. The van der Waals surface area contributed by atoms with Crippen LogP contribution in [0.1, 0.15) is 29.8 Å². The van der Waals surface area contributed by atoms with E-state index in [-0.39, 0.29) is 22.6 Å². The van der Waals surface area contributed by atoms with E-state index in [1.165, 1.54) is 38.5 Å². The van der Waals surface area contributed by atoms with Gasteiger partial charge in [0.25, 0.3) is 0 Å². The SMILES string of the molecule is CC.COc1ccc(C(=O)c2ccc(OC)cc2O)c(O)c1. The van der Waals surface area contributed by atoms with Crippen molar-refractivity contribution in [3.63, 3.8) is 0 Å². The molecule has 118 valence electrons. The van der Waals surface area contributed by atoms with Crippen molar-refractivity contribution in [2.75, 3.05) is 14.2 Å². The van der Waals surface area contributed by atoms with E-state index < -0.39 is 5.78 Å². The quantitative estimate of drug-likeness (QED) is 0.847. The lowest BCUT2D eigenvalue weighted by molar-refractivity contribution is 0.103. The average Bonchev–Trinajstić information content (AvgIpc) is 2.55. The maximum Gasteiger partial charge on any atom is 0.200 e. The summed E-state index contributed by atoms with van der Waals surface area (Å²) in [6.45, 7) is 4.00. The van der Waals surface area contributed by atoms with Crippen LogP contribution in [0.3, 0.4) is 0 Å². The Bertz CT molecular complexity index is 594. The first-order valence-corrected chi connectivity index (χ1v) is 6.85. The number of aromatic hydroxyl groups is 2. The highest BCUT2D eigenvalue weighted by atomic mass is 16.5. The van der Waals surface area contributed by atoms with Crippen LogP contribution in [-0.2, 0) is 0 Å². The minimum atomic E-state index is -0.481. The molecule has 2 rings (SSSR count). The number of ether oxygens (including phenoxy) is 2. The van der Waals surface area contributed by atoms with Crippen molar-refractivity contribution >= 4 is 5.78 Å². The third-order valence-corrected chi connectivity index (χ3v) is 2.90. The summed E-state index contributed by atoms with van der Waals surface area (Å²) in [7, 11) is 2.93. The molecule has 0 saturated heterocycles. The van der Waals surface area contributed by atoms with E-state index in [0.717, 1.165) is 0 Å². The second kappa shape index (κ2) is 7.93. The van der Waals surface area contributed by atoms with Gasteiger partial charge in [0, 0.05) is 12.1 Å². The Morgan fingerprint density at radius 3 is 1.45 bits per heavy atom. The number of ketones is 1. The summed E-state index contributed by atoms with van der Waals surface area (Å²) in [5, 5.41) is 19.7. The van der Waals surface area contributed by atoms with Crippen LogP contribution in [0.5, 0.6) is 23.0 Å². The number of rotatable bonds is 4. The molecule has 0 fully saturated rings. The highest BCUT2D eigenvalue weighted by molar-refractivity contribution is 6.12. The molecule has 0 aliphatic rings. The summed E-state index contributed by atoms with van der Waals surface area (Å²) in [4.78, 5) is 12.3. The highest BCUT2D eigenvalue weighted by Crippen LogP contribution is 2.30. The molecular weight excluding hydrogens is 284 g/mol. The molecule has 0 atom stereocenters. The van der Waals surface area contributed by atoms with Crippen molar-refractivity contribution in [1.82, 2.24) is 0 Å². The third-order valence-electron chi connectivity index (χ3n) is 2.90. The van der Waals surface area contributed by atoms with Crippen LogP contribution < -0.4 is 9.47 Å². The number of hydrogen-bond donors (Lipinski definition) is 2. The molecule has 5 nitrogen and oxygen atoms in total. The van der Waals surface area contributed by atoms with Crippen LogP contribution in [0.15, 0.2) is 36.4 Å². The lowest BCUT2D eigenvalue weighted by Crippen LogP contribution is -2.02. The molecule has 0 aromatic heterocycles. The fourth-order valence-corrected chi connectivity index (χ4v) is 1.81. The summed E-state index contributed by atoms with van der Waals surface area (Å²) < 4.78 is 9.90. The number of benzene rings is 2. The Balaban J connectivity index is 0.00000116. The van der Waals surface area contributed by atoms with E-state index in [9.17, 15) is 15.0 Å². The Kier molecular flexibility index (Phi) is 6.25. The van der Waals surface area contributed by atoms with Crippen LogP contribution in [0.2, 0.25) is 0 Å². The van der Waals surface area contributed by atoms with Crippen LogP contribution in [-0.4, -0.2) is 30.2 Å². The number of hydrogen-bond acceptors (Lipinski definition) is 5. The van der Waals surface area contributed by atoms with Crippen molar-refractivity contribution in [3.05, 3.63) is 47.5 Å². The number of phenols is 2. The van der Waals surface area contributed by atoms with Crippen LogP contribution in [0.4, 0.5) is 0 Å². The fourth-order valence-electron chi connectivity index (χ4n) is 1.81. The first-order valence-electron chi connectivity index (χ1n) is 6.85. The molecule has 5 heteroatoms. The lowest BCUT2D eigenvalue weighted by Gasteiger charge is -2.08. The minimum absolute atomic E-state index is 0.0891. The maximum absolute atomic E-state index is 12.3. The Morgan fingerprint density at radius 2 is 1.18 bits per heavy atom. The van der Waals surface area contributed by atoms with Gasteiger partial charge in [-0.05, 0) is 24.3 Å². The molecule has 0 amide bonds. The van der Waals surface area contributed by atoms with Gasteiger partial charge in [0.1, 0.15) is 23.0 Å². The summed E-state index contributed by atoms with van der Waals surface area (Å²) >= 11 is 0. The molecule has 0 unspecified atom stereocenters. The first kappa shape index (κ1) is 17.4. The molecule has 0 spiro atoms. The van der Waals surface area contributed by atoms with Gasteiger partial charge in [0.15, 0.2) is 5.78 Å². The topological polar surface area (TPSA) is 76.0 Å². The second-order valence-electron chi connectivity index (χ2n) is 4.10. The number of phenolic OH excluding ortho intramolecular Hbond substituents is 2. The van der Waals surface area contributed by atoms with Gasteiger partial charge in [-0.2, -0.15) is 0 Å². The molecule has 0 aliphatic heterocycles. The normalized spacial score (nSPS) is 9.45. The van der Waals surface area contributed by atoms with Crippen molar-refractivity contribution in [3.8, 4) is 23.0 Å². The first-order chi connectivity index (χ1) is 10.6. The number of carbonyl (C=O) groups excluding carboxylic acids is 1. The predicted molar refractivity (Wildman–Crippen MR) is 84.1 cm³/mol. The van der Waals surface area contributed by atoms with Gasteiger partial charge >= 0.3 is 0 Å². The Labute approximate surface area is 129 Å². The zero-order valence-electron chi connectivity index (χ0n) is 13.1. The van der Waals surface area contributed by atoms with Gasteiger partial charge in [0.05, 0.1) is 25.3 Å². The van der Waals surface area contributed by atoms with Gasteiger partial charge in [-0.3, -0.25) is 4.79 Å². The predicted octanol–water partition coefficient (Wildman–Crippen LogP) is 3.37. The lowest BCUT2D eigenvalue weighted by atomic mass is 10.0. The van der Waals surface area contributed by atoms with Gasteiger partial charge in [-0.1, -0.05) is 13.8 Å². The maximum atomic E-state index is 12.3. The van der Waals surface area contributed by atoms with E-state index in [1.807, 2.05) is 13.8 Å². The van der Waals surface area contributed by atoms with E-state index in [0.29, 0.717) is 11.5 Å². The molecule has 2 aromatic rings. The molecular formula is C17H20O5. The standard InChI is InChI=1S/C15H14O5.C2H6/c1-19-9-3-5-11(13(16)7-9)15(18)12-6-4-10(20-2)8-14(12)17;1-2/h3-8,16-17H,1-2H3;1-2H3. The van der Waals surface area contributed by atoms with Gasteiger partial charge < -0.3 is 19.7 Å². The van der Waals surface area contributed by atoms with E-state index in [1.54, 1.807) is 12.1 Å². The fraction of sp³-hybridized carbons (Fsp3) is 0.235. The van der Waals surface area contributed by atoms with Crippen LogP contribution >= 0.6 is 0 Å². The van der Waals surface area contributed by atoms with Crippen molar-refractivity contribution < 1.29 is 24.5 Å². The summed E-state index contributed by atoms with van der Waals surface area (Å²) in [6, 6.07) is 8.70. The summed E-state index contributed by atoms with van der Waals surface area (Å²) in [5.41, 5.74) is 0.178. The van der Waals surface area contributed by atoms with E-state index in [4.69, 9.17) is 9.47 Å². The van der Waals surface area contributed by atoms with E-state index >= 15 is 0 Å². The van der Waals surface area contributed by atoms with Crippen molar-refractivity contribution in [2.24, 2.45) is 0 Å². The molecule has 0 heterocycles. The van der Waals surface area contributed by atoms with Crippen molar-refractivity contribution in [1.29, 1.82) is 0 Å². The largest absolute Gasteiger partial charge is 0.507 e. The molecule has 0 radical (unpaired) electrons. The monoisotopic (exact) mass is 304 g/mol. The molecule has 0 bridgehead atoms. The van der Waals surface area contributed by atoms with Gasteiger partial charge in [0.2, 0.25) is 0 Å². The molecule has 2 aromatic carbocycles. The molecule has 0 saturated carbocycles. The molecule has 2 N–H and O–H groups in total. The third kappa shape index (κ3) is 3.69. The van der Waals surface area contributed by atoms with Gasteiger partial charge in [-0.15, -0.1) is 0 Å². The van der Waals surface area contributed by atoms with Crippen LogP contribution in [0.25, 0.3) is 0 Å². The van der Waals surface area contributed by atoms with Crippen LogP contribution in [0, 0.1) is 0 Å². The molecule has 0 aliphatic carbocycles. The zero-order valence-corrected chi connectivity index (χ0v) is 13.1. The van der Waals surface area contributed by atoms with Gasteiger partial charge in [-0.25, -0.2) is 0 Å². The second-order valence-corrected chi connectivity index (χ2v) is 4.10. The number of methoxy groups -OCH3 is 2.